The molecule has 1 unspecified atom stereocenters. The zero-order chi connectivity index (χ0) is 27.7. The third-order valence-electron chi connectivity index (χ3n) is 4.96. The molecule has 1 nitrogen and oxygen atoms in total. The second-order valence-corrected chi connectivity index (χ2v) is 7.65. The van der Waals surface area contributed by atoms with Crippen molar-refractivity contribution in [1.82, 2.24) is 0 Å². The maximum absolute atomic E-state index is 14.6. The summed E-state index contributed by atoms with van der Waals surface area (Å²) in [6, 6.07) is 0. The maximum atomic E-state index is 14.6. The SMILES string of the molecule is C=C.C=CCOC(=C)/C(F)=C(/F)C(=C)C(=C)/C=C\C(=C)C(=C)/C(F)=C\C(=C)/C(C)=C/CC(C)CC. The second-order valence-electron chi connectivity index (χ2n) is 7.65. The number of hydrogen-bond acceptors (Lipinski definition) is 1. The highest BCUT2D eigenvalue weighted by Gasteiger charge is 2.15. The van der Waals surface area contributed by atoms with Gasteiger partial charge in [0.05, 0.1) is 0 Å². The third kappa shape index (κ3) is 12.5. The average Bonchev–Trinajstić information content (AvgIpc) is 2.87. The van der Waals surface area contributed by atoms with Crippen LogP contribution in [0.15, 0.2) is 146 Å². The first-order chi connectivity index (χ1) is 16.4. The first-order valence-electron chi connectivity index (χ1n) is 11.0. The molecule has 0 aliphatic heterocycles. The molecule has 0 radical (unpaired) electrons. The number of hydrogen-bond donors (Lipinski definition) is 0. The zero-order valence-electron chi connectivity index (χ0n) is 21.5. The molecule has 0 aliphatic carbocycles. The van der Waals surface area contributed by atoms with E-state index in [1.54, 1.807) is 0 Å². The van der Waals surface area contributed by atoms with Gasteiger partial charge < -0.3 is 4.74 Å². The summed E-state index contributed by atoms with van der Waals surface area (Å²) in [4.78, 5) is 0. The first kappa shape index (κ1) is 33.6. The Morgan fingerprint density at radius 1 is 0.857 bits per heavy atom. The summed E-state index contributed by atoms with van der Waals surface area (Å²) in [6.07, 6.45) is 9.39. The van der Waals surface area contributed by atoms with Crippen LogP contribution in [0.3, 0.4) is 0 Å². The standard InChI is InChI=1S/C29H35F3O.C2H4/c1-11-17-33-26(10)29(32)28(31)25(9)22(6)16-15-21(5)24(8)27(30)18-23(7)20(4)14-13-19(3)12-2;1-2/h11,14-16,18-19H,1,5-10,12-13,17H2,2-4H3;1-2H2/b16-15-,20-14+,27-18+,29-28-;. The molecule has 0 aromatic rings. The Labute approximate surface area is 210 Å². The molecule has 0 N–H and O–H groups in total. The van der Waals surface area contributed by atoms with Crippen LogP contribution >= 0.6 is 0 Å². The minimum atomic E-state index is -1.29. The predicted molar refractivity (Wildman–Crippen MR) is 148 cm³/mol. The van der Waals surface area contributed by atoms with Crippen LogP contribution in [0.5, 0.6) is 0 Å². The van der Waals surface area contributed by atoms with Gasteiger partial charge in [-0.05, 0) is 47.6 Å². The lowest BCUT2D eigenvalue weighted by Crippen LogP contribution is -1.96. The molecule has 35 heavy (non-hydrogen) atoms. The largest absolute Gasteiger partial charge is 0.487 e. The summed E-state index contributed by atoms with van der Waals surface area (Å²) in [5, 5.41) is 0. The monoisotopic (exact) mass is 484 g/mol. The average molecular weight is 485 g/mol. The van der Waals surface area contributed by atoms with Crippen LogP contribution < -0.4 is 0 Å². The molecule has 0 saturated heterocycles. The van der Waals surface area contributed by atoms with E-state index in [4.69, 9.17) is 4.74 Å². The summed E-state index contributed by atoms with van der Waals surface area (Å²) in [5.41, 5.74) is 1.44. The Morgan fingerprint density at radius 2 is 1.37 bits per heavy atom. The van der Waals surface area contributed by atoms with Crippen LogP contribution in [0.2, 0.25) is 0 Å². The molecule has 0 spiro atoms. The minimum absolute atomic E-state index is 0.0204. The van der Waals surface area contributed by atoms with Gasteiger partial charge in [-0.3, -0.25) is 0 Å². The van der Waals surface area contributed by atoms with Crippen LogP contribution in [0.25, 0.3) is 0 Å². The molecule has 0 amide bonds. The van der Waals surface area contributed by atoms with Gasteiger partial charge in [0.2, 0.25) is 5.83 Å². The smallest absolute Gasteiger partial charge is 0.200 e. The number of halogens is 3. The molecule has 190 valence electrons. The Hall–Kier alpha value is -3.53. The summed E-state index contributed by atoms with van der Waals surface area (Å²) >= 11 is 0. The predicted octanol–water partition coefficient (Wildman–Crippen LogP) is 10.2. The number of rotatable bonds is 15. The van der Waals surface area contributed by atoms with E-state index in [0.29, 0.717) is 11.5 Å². The molecule has 4 heteroatoms. The van der Waals surface area contributed by atoms with Crippen molar-refractivity contribution in [2.75, 3.05) is 6.61 Å². The first-order valence-corrected chi connectivity index (χ1v) is 11.0. The van der Waals surface area contributed by atoms with Crippen molar-refractivity contribution in [2.45, 2.75) is 33.6 Å². The Bertz CT molecular complexity index is 967. The van der Waals surface area contributed by atoms with Crippen LogP contribution in [0.4, 0.5) is 13.2 Å². The molecule has 0 fully saturated rings. The van der Waals surface area contributed by atoms with Crippen molar-refractivity contribution in [3.05, 3.63) is 146 Å². The van der Waals surface area contributed by atoms with Gasteiger partial charge in [0.25, 0.3) is 0 Å². The molecule has 0 aliphatic rings. The summed E-state index contributed by atoms with van der Waals surface area (Å²) in [7, 11) is 0. The van der Waals surface area contributed by atoms with E-state index in [0.717, 1.165) is 18.4 Å². The molecular formula is C31H39F3O. The molecular weight excluding hydrogens is 445 g/mol. The molecule has 1 atom stereocenters. The molecule has 0 saturated carbocycles. The highest BCUT2D eigenvalue weighted by Crippen LogP contribution is 2.28. The van der Waals surface area contributed by atoms with Gasteiger partial charge in [0.1, 0.15) is 12.4 Å². The molecule has 0 bridgehead atoms. The zero-order valence-corrected chi connectivity index (χ0v) is 21.5. The van der Waals surface area contributed by atoms with E-state index in [1.165, 1.54) is 24.3 Å². The Morgan fingerprint density at radius 3 is 1.86 bits per heavy atom. The molecule has 0 aromatic carbocycles. The number of allylic oxidation sites excluding steroid dienone is 13. The number of ether oxygens (including phenoxy) is 1. The fraction of sp³-hybridized carbons (Fsp3) is 0.226. The van der Waals surface area contributed by atoms with Crippen molar-refractivity contribution >= 4 is 0 Å². The van der Waals surface area contributed by atoms with Crippen molar-refractivity contribution in [3.63, 3.8) is 0 Å². The van der Waals surface area contributed by atoms with E-state index in [9.17, 15) is 13.2 Å². The summed E-state index contributed by atoms with van der Waals surface area (Å²) in [5.74, 6) is -3.09. The van der Waals surface area contributed by atoms with Crippen molar-refractivity contribution in [2.24, 2.45) is 5.92 Å². The molecule has 0 rings (SSSR count). The fourth-order valence-electron chi connectivity index (χ4n) is 2.20. The summed E-state index contributed by atoms with van der Waals surface area (Å²) in [6.45, 7) is 37.4. The second kappa shape index (κ2) is 17.9. The van der Waals surface area contributed by atoms with Gasteiger partial charge in [0, 0.05) is 11.1 Å². The lowest BCUT2D eigenvalue weighted by Gasteiger charge is -2.09. The highest BCUT2D eigenvalue weighted by molar-refractivity contribution is 5.54. The molecule has 0 aromatic heterocycles. The van der Waals surface area contributed by atoms with Gasteiger partial charge in [-0.1, -0.05) is 90.6 Å². The Kier molecular flexibility index (Phi) is 17.2. The van der Waals surface area contributed by atoms with Gasteiger partial charge in [0.15, 0.2) is 11.6 Å². The molecule has 0 heterocycles. The fourth-order valence-corrected chi connectivity index (χ4v) is 2.20. The van der Waals surface area contributed by atoms with E-state index >= 15 is 0 Å². The van der Waals surface area contributed by atoms with Gasteiger partial charge in [-0.2, -0.15) is 4.39 Å². The van der Waals surface area contributed by atoms with E-state index in [2.05, 4.69) is 73.1 Å². The van der Waals surface area contributed by atoms with E-state index in [-0.39, 0.29) is 28.9 Å². The topological polar surface area (TPSA) is 9.23 Å². The normalized spacial score (nSPS) is 13.1. The van der Waals surface area contributed by atoms with Crippen LogP contribution in [0, 0.1) is 5.92 Å². The van der Waals surface area contributed by atoms with E-state index in [1.807, 2.05) is 13.0 Å². The lowest BCUT2D eigenvalue weighted by atomic mass is 9.99. The van der Waals surface area contributed by atoms with Crippen LogP contribution in [-0.2, 0) is 4.74 Å². The minimum Gasteiger partial charge on any atom is -0.487 e. The van der Waals surface area contributed by atoms with Crippen LogP contribution in [-0.4, -0.2) is 6.61 Å². The highest BCUT2D eigenvalue weighted by atomic mass is 19.2. The van der Waals surface area contributed by atoms with Crippen molar-refractivity contribution in [1.29, 1.82) is 0 Å². The quantitative estimate of drug-likeness (QED) is 0.128. The van der Waals surface area contributed by atoms with Gasteiger partial charge in [-0.25, -0.2) is 8.78 Å². The Balaban J connectivity index is 0. The maximum Gasteiger partial charge on any atom is 0.200 e. The van der Waals surface area contributed by atoms with Gasteiger partial charge in [-0.15, -0.1) is 13.2 Å². The van der Waals surface area contributed by atoms with Crippen molar-refractivity contribution in [3.8, 4) is 0 Å². The van der Waals surface area contributed by atoms with Gasteiger partial charge >= 0.3 is 0 Å². The van der Waals surface area contributed by atoms with Crippen molar-refractivity contribution < 1.29 is 17.9 Å². The van der Waals surface area contributed by atoms with E-state index < -0.39 is 23.2 Å². The summed E-state index contributed by atoms with van der Waals surface area (Å²) < 4.78 is 47.9. The van der Waals surface area contributed by atoms with Crippen LogP contribution in [0.1, 0.15) is 33.6 Å². The third-order valence-corrected chi connectivity index (χ3v) is 4.96. The lowest BCUT2D eigenvalue weighted by molar-refractivity contribution is 0.241.